The Bertz CT molecular complexity index is 1380. The summed E-state index contributed by atoms with van der Waals surface area (Å²) < 4.78 is 40.8. The molecule has 0 saturated carbocycles. The molecule has 3 heterocycles. The molecule has 0 aliphatic carbocycles. The highest BCUT2D eigenvalue weighted by Gasteiger charge is 2.32. The lowest BCUT2D eigenvalue weighted by Gasteiger charge is -2.35. The highest BCUT2D eigenvalue weighted by atomic mass is 32.2. The zero-order valence-electron chi connectivity index (χ0n) is 18.0. The van der Waals surface area contributed by atoms with Crippen LogP contribution in [0, 0.1) is 19.7 Å². The number of halogens is 1. The maximum absolute atomic E-state index is 13.8. The van der Waals surface area contributed by atoms with Crippen molar-refractivity contribution in [1.29, 1.82) is 0 Å². The Morgan fingerprint density at radius 3 is 2.72 bits per heavy atom. The van der Waals surface area contributed by atoms with Gasteiger partial charge >= 0.3 is 0 Å². The number of rotatable bonds is 4. The highest BCUT2D eigenvalue weighted by molar-refractivity contribution is 7.92. The van der Waals surface area contributed by atoms with Crippen LogP contribution in [-0.2, 0) is 10.0 Å². The van der Waals surface area contributed by atoms with E-state index in [2.05, 4.69) is 14.8 Å². The number of aromatic amines is 1. The van der Waals surface area contributed by atoms with Gasteiger partial charge in [0.05, 0.1) is 29.2 Å². The molecule has 1 amide bonds. The number of aromatic nitrogens is 3. The SMILES string of the molecule is Cc1nc2cc([C@@H]3CCCCN3C(=O)c3ccc(F)cc3NS(C)(=O)=O)[nH]n2c(=O)c1C. The molecule has 32 heavy (non-hydrogen) atoms. The van der Waals surface area contributed by atoms with Crippen molar-refractivity contribution < 1.29 is 17.6 Å². The Morgan fingerprint density at radius 2 is 2.00 bits per heavy atom. The van der Waals surface area contributed by atoms with E-state index >= 15 is 0 Å². The van der Waals surface area contributed by atoms with Crippen LogP contribution in [0.4, 0.5) is 10.1 Å². The van der Waals surface area contributed by atoms with E-state index in [1.165, 1.54) is 10.6 Å². The predicted octanol–water partition coefficient (Wildman–Crippen LogP) is 2.52. The molecule has 1 aromatic carbocycles. The van der Waals surface area contributed by atoms with Gasteiger partial charge in [0.1, 0.15) is 5.82 Å². The lowest BCUT2D eigenvalue weighted by atomic mass is 9.98. The first-order chi connectivity index (χ1) is 15.0. The van der Waals surface area contributed by atoms with Gasteiger partial charge in [0.25, 0.3) is 11.5 Å². The number of hydrogen-bond donors (Lipinski definition) is 2. The molecule has 1 atom stereocenters. The summed E-state index contributed by atoms with van der Waals surface area (Å²) in [5.74, 6) is -1.08. The molecular formula is C21H24FN5O4S. The number of hydrogen-bond acceptors (Lipinski definition) is 5. The summed E-state index contributed by atoms with van der Waals surface area (Å²) in [5, 5.41) is 3.08. The Balaban J connectivity index is 1.75. The van der Waals surface area contributed by atoms with E-state index in [-0.39, 0.29) is 22.9 Å². The number of carbonyl (C=O) groups excluding carboxylic acids is 1. The van der Waals surface area contributed by atoms with Crippen LogP contribution in [-0.4, -0.2) is 46.6 Å². The van der Waals surface area contributed by atoms with E-state index in [0.29, 0.717) is 35.6 Å². The van der Waals surface area contributed by atoms with Crippen LogP contribution in [0.3, 0.4) is 0 Å². The minimum Gasteiger partial charge on any atom is -0.330 e. The smallest absolute Gasteiger partial charge is 0.275 e. The molecule has 3 aromatic rings. The number of H-pyrrole nitrogens is 1. The molecule has 4 rings (SSSR count). The molecule has 0 bridgehead atoms. The first kappa shape index (κ1) is 22.0. The fourth-order valence-electron chi connectivity index (χ4n) is 4.05. The fourth-order valence-corrected chi connectivity index (χ4v) is 4.62. The van der Waals surface area contributed by atoms with E-state index in [1.807, 2.05) is 0 Å². The van der Waals surface area contributed by atoms with Crippen LogP contribution in [0.5, 0.6) is 0 Å². The quantitative estimate of drug-likeness (QED) is 0.619. The first-order valence-electron chi connectivity index (χ1n) is 10.2. The lowest BCUT2D eigenvalue weighted by molar-refractivity contribution is 0.0606. The Kier molecular flexibility index (Phi) is 5.53. The number of benzene rings is 1. The van der Waals surface area contributed by atoms with Gasteiger partial charge in [-0.05, 0) is 51.3 Å². The van der Waals surface area contributed by atoms with Gasteiger partial charge < -0.3 is 4.90 Å². The van der Waals surface area contributed by atoms with E-state index in [9.17, 15) is 22.4 Å². The molecular weight excluding hydrogens is 437 g/mol. The summed E-state index contributed by atoms with van der Waals surface area (Å²) in [6, 6.07) is 4.78. The summed E-state index contributed by atoms with van der Waals surface area (Å²) in [6.07, 6.45) is 3.24. The number of carbonyl (C=O) groups is 1. The molecule has 1 aliphatic heterocycles. The average molecular weight is 462 g/mol. The second-order valence-electron chi connectivity index (χ2n) is 8.11. The van der Waals surface area contributed by atoms with E-state index < -0.39 is 21.7 Å². The minimum absolute atomic E-state index is 0.0572. The molecule has 1 aliphatic rings. The lowest BCUT2D eigenvalue weighted by Crippen LogP contribution is -2.39. The number of nitrogens with zero attached hydrogens (tertiary/aromatic N) is 3. The maximum Gasteiger partial charge on any atom is 0.275 e. The van der Waals surface area contributed by atoms with Crippen molar-refractivity contribution in [3.8, 4) is 0 Å². The number of aryl methyl sites for hydroxylation is 1. The number of likely N-dealkylation sites (tertiary alicyclic amines) is 1. The Hall–Kier alpha value is -3.21. The van der Waals surface area contributed by atoms with Crippen LogP contribution in [0.2, 0.25) is 0 Å². The van der Waals surface area contributed by atoms with Crippen LogP contribution >= 0.6 is 0 Å². The maximum atomic E-state index is 13.8. The summed E-state index contributed by atoms with van der Waals surface area (Å²) in [7, 11) is -3.72. The van der Waals surface area contributed by atoms with Gasteiger partial charge in [-0.25, -0.2) is 22.3 Å². The van der Waals surface area contributed by atoms with E-state index in [0.717, 1.165) is 31.2 Å². The van der Waals surface area contributed by atoms with E-state index in [4.69, 9.17) is 0 Å². The fraction of sp³-hybridized carbons (Fsp3) is 0.381. The van der Waals surface area contributed by atoms with Crippen LogP contribution in [0.25, 0.3) is 5.65 Å². The Labute approximate surface area is 184 Å². The van der Waals surface area contributed by atoms with Gasteiger partial charge in [0.15, 0.2) is 5.65 Å². The third-order valence-corrected chi connectivity index (χ3v) is 6.32. The number of fused-ring (bicyclic) bond motifs is 1. The number of piperidine rings is 1. The van der Waals surface area contributed by atoms with Crippen molar-refractivity contribution >= 4 is 27.3 Å². The number of nitrogens with one attached hydrogen (secondary N) is 2. The standard InChI is InChI=1S/C21H24FN5O4S/c1-12-13(2)23-19-11-17(24-27(19)20(12)28)18-6-4-5-9-26(18)21(29)15-8-7-14(22)10-16(15)25-32(3,30)31/h7-8,10-11,18,24-25H,4-6,9H2,1-3H3/t18-/m0/s1. The summed E-state index contributed by atoms with van der Waals surface area (Å²) >= 11 is 0. The van der Waals surface area contributed by atoms with Crippen molar-refractivity contribution in [3.05, 3.63) is 63.0 Å². The van der Waals surface area contributed by atoms with Crippen molar-refractivity contribution in [2.24, 2.45) is 0 Å². The molecule has 1 fully saturated rings. The van der Waals surface area contributed by atoms with Crippen LogP contribution in [0.15, 0.2) is 29.1 Å². The van der Waals surface area contributed by atoms with Crippen molar-refractivity contribution in [2.45, 2.75) is 39.2 Å². The van der Waals surface area contributed by atoms with Crippen molar-refractivity contribution in [1.82, 2.24) is 19.5 Å². The van der Waals surface area contributed by atoms with Gasteiger partial charge in [0.2, 0.25) is 10.0 Å². The molecule has 2 N–H and O–H groups in total. The number of sulfonamides is 1. The third-order valence-electron chi connectivity index (χ3n) is 5.73. The zero-order chi connectivity index (χ0) is 23.2. The van der Waals surface area contributed by atoms with Crippen molar-refractivity contribution in [3.63, 3.8) is 0 Å². The first-order valence-corrected chi connectivity index (χ1v) is 12.1. The van der Waals surface area contributed by atoms with Gasteiger partial charge in [-0.3, -0.25) is 19.4 Å². The second kappa shape index (κ2) is 8.05. The minimum atomic E-state index is -3.72. The van der Waals surface area contributed by atoms with E-state index in [1.54, 1.807) is 24.8 Å². The molecule has 0 radical (unpaired) electrons. The molecule has 2 aromatic heterocycles. The molecule has 0 unspecified atom stereocenters. The van der Waals surface area contributed by atoms with Gasteiger partial charge in [-0.15, -0.1) is 0 Å². The van der Waals surface area contributed by atoms with Crippen LogP contribution in [0.1, 0.15) is 52.6 Å². The van der Waals surface area contributed by atoms with Gasteiger partial charge in [0, 0.05) is 23.9 Å². The summed E-state index contributed by atoms with van der Waals surface area (Å²) in [4.78, 5) is 32.1. The van der Waals surface area contributed by atoms with Gasteiger partial charge in [-0.2, -0.15) is 0 Å². The highest BCUT2D eigenvalue weighted by Crippen LogP contribution is 2.33. The molecule has 1 saturated heterocycles. The third kappa shape index (κ3) is 4.12. The summed E-state index contributed by atoms with van der Waals surface area (Å²) in [5.41, 5.74) is 2.05. The normalized spacial score (nSPS) is 17.0. The number of anilines is 1. The molecule has 0 spiro atoms. The summed E-state index contributed by atoms with van der Waals surface area (Å²) in [6.45, 7) is 3.92. The molecule has 11 heteroatoms. The largest absolute Gasteiger partial charge is 0.330 e. The zero-order valence-corrected chi connectivity index (χ0v) is 18.8. The average Bonchev–Trinajstić information content (AvgIpc) is 3.14. The number of amides is 1. The van der Waals surface area contributed by atoms with Crippen LogP contribution < -0.4 is 10.3 Å². The second-order valence-corrected chi connectivity index (χ2v) is 9.86. The molecule has 170 valence electrons. The topological polar surface area (TPSA) is 117 Å². The Morgan fingerprint density at radius 1 is 1.25 bits per heavy atom. The monoisotopic (exact) mass is 461 g/mol. The van der Waals surface area contributed by atoms with Crippen molar-refractivity contribution in [2.75, 3.05) is 17.5 Å². The predicted molar refractivity (Wildman–Crippen MR) is 118 cm³/mol. The molecule has 9 nitrogen and oxygen atoms in total. The van der Waals surface area contributed by atoms with Gasteiger partial charge in [-0.1, -0.05) is 0 Å².